The van der Waals surface area contributed by atoms with Crippen LogP contribution >= 0.6 is 31.7 Å². The summed E-state index contributed by atoms with van der Waals surface area (Å²) in [4.78, 5) is 0. The lowest BCUT2D eigenvalue weighted by Gasteiger charge is -2.27. The Labute approximate surface area is 270 Å². The van der Waals surface area contributed by atoms with Gasteiger partial charge in [0.25, 0.3) is 0 Å². The van der Waals surface area contributed by atoms with E-state index in [0.29, 0.717) is 41.1 Å². The molecular formula is C33H36N6O2PS2+. The number of aromatic hydroxyl groups is 1. The average molecular weight is 644 g/mol. The quantitative estimate of drug-likeness (QED) is 0.0520. The lowest BCUT2D eigenvalue weighted by atomic mass is 10.1. The van der Waals surface area contributed by atoms with Crippen LogP contribution < -0.4 is 37.4 Å². The first-order valence-electron chi connectivity index (χ1n) is 14.0. The Morgan fingerprint density at radius 3 is 1.73 bits per heavy atom. The van der Waals surface area contributed by atoms with Gasteiger partial charge in [-0.05, 0) is 92.0 Å². The van der Waals surface area contributed by atoms with Gasteiger partial charge in [-0.15, -0.1) is 0 Å². The standard InChI is InChI=1S/C33H35N6O2PS2/c1-25(31(37-38-32(43)34-2)26-18-20-27(40)21-19-26)36-39-33(44)35-22-23-41-24-42(28-12-6-3-7-13-28,29-14-8-4-9-15-29)30-16-10-5-11-17-30/h3-21H,22-24H2,1-2H3,(H4-,34,35,36,37,38,39,40,43,44)/p+1. The zero-order chi connectivity index (χ0) is 31.2. The predicted molar refractivity (Wildman–Crippen MR) is 192 cm³/mol. The number of benzene rings is 4. The molecule has 11 heteroatoms. The van der Waals surface area contributed by atoms with Crippen molar-refractivity contribution in [1.29, 1.82) is 0 Å². The van der Waals surface area contributed by atoms with Crippen molar-refractivity contribution in [2.45, 2.75) is 6.92 Å². The maximum absolute atomic E-state index is 9.69. The third-order valence-corrected chi connectivity index (χ3v) is 11.4. The van der Waals surface area contributed by atoms with Gasteiger partial charge in [-0.1, -0.05) is 54.6 Å². The van der Waals surface area contributed by atoms with Gasteiger partial charge in [-0.3, -0.25) is 10.9 Å². The molecule has 226 valence electrons. The monoisotopic (exact) mass is 643 g/mol. The number of rotatable bonds is 12. The van der Waals surface area contributed by atoms with Gasteiger partial charge in [-0.25, -0.2) is 0 Å². The molecule has 8 nitrogen and oxygen atoms in total. The molecule has 0 atom stereocenters. The third-order valence-electron chi connectivity index (χ3n) is 6.71. The molecule has 0 fully saturated rings. The fourth-order valence-corrected chi connectivity index (χ4v) is 8.50. The van der Waals surface area contributed by atoms with Crippen LogP contribution in [-0.4, -0.2) is 53.3 Å². The molecule has 44 heavy (non-hydrogen) atoms. The molecule has 0 aliphatic rings. The van der Waals surface area contributed by atoms with Crippen molar-refractivity contribution < 1.29 is 9.84 Å². The summed E-state index contributed by atoms with van der Waals surface area (Å²) in [5.41, 5.74) is 7.50. The minimum absolute atomic E-state index is 0.155. The van der Waals surface area contributed by atoms with Crippen LogP contribution in [0.4, 0.5) is 0 Å². The van der Waals surface area contributed by atoms with Gasteiger partial charge in [0, 0.05) is 19.2 Å². The summed E-state index contributed by atoms with van der Waals surface area (Å²) in [5, 5.41) is 29.0. The SMILES string of the molecule is CNC(=S)NN=C(C(C)=NNC(=S)NCCOC[P+](c1ccccc1)(c1ccccc1)c1ccccc1)c1ccc(O)cc1. The first-order chi connectivity index (χ1) is 21.4. The third kappa shape index (κ3) is 8.67. The molecular weight excluding hydrogens is 608 g/mol. The van der Waals surface area contributed by atoms with Gasteiger partial charge in [0.05, 0.1) is 12.3 Å². The number of phenols is 1. The lowest BCUT2D eigenvalue weighted by molar-refractivity contribution is 0.185. The summed E-state index contributed by atoms with van der Waals surface area (Å²) in [6.07, 6.45) is 0.554. The van der Waals surface area contributed by atoms with Crippen molar-refractivity contribution in [3.8, 4) is 5.75 Å². The summed E-state index contributed by atoms with van der Waals surface area (Å²) in [7, 11) is -0.369. The highest BCUT2D eigenvalue weighted by Crippen LogP contribution is 2.55. The second-order valence-electron chi connectivity index (χ2n) is 9.62. The molecule has 0 spiro atoms. The summed E-state index contributed by atoms with van der Waals surface area (Å²) >= 11 is 10.6. The van der Waals surface area contributed by atoms with Crippen molar-refractivity contribution in [2.75, 3.05) is 26.5 Å². The zero-order valence-corrected chi connectivity index (χ0v) is 27.1. The number of nitrogens with zero attached hydrogens (tertiary/aromatic N) is 2. The Hall–Kier alpha value is -4.21. The van der Waals surface area contributed by atoms with Crippen LogP contribution in [0, 0.1) is 0 Å². The number of ether oxygens (including phenoxy) is 1. The topological polar surface area (TPSA) is 102 Å². The van der Waals surface area contributed by atoms with Crippen LogP contribution in [0.2, 0.25) is 0 Å². The molecule has 4 aromatic carbocycles. The van der Waals surface area contributed by atoms with Gasteiger partial charge in [0.1, 0.15) is 34.6 Å². The average Bonchev–Trinajstić information content (AvgIpc) is 3.07. The molecule has 4 aromatic rings. The molecule has 5 N–H and O–H groups in total. The van der Waals surface area contributed by atoms with Gasteiger partial charge in [-0.2, -0.15) is 10.2 Å². The zero-order valence-electron chi connectivity index (χ0n) is 24.6. The molecule has 0 aliphatic carbocycles. The van der Waals surface area contributed by atoms with E-state index in [9.17, 15) is 5.11 Å². The molecule has 0 aliphatic heterocycles. The van der Waals surface area contributed by atoms with E-state index < -0.39 is 7.26 Å². The van der Waals surface area contributed by atoms with Gasteiger partial charge in [0.2, 0.25) is 0 Å². The van der Waals surface area contributed by atoms with Crippen LogP contribution in [0.15, 0.2) is 125 Å². The first kappa shape index (κ1) is 32.7. The van der Waals surface area contributed by atoms with E-state index in [4.69, 9.17) is 29.2 Å². The first-order valence-corrected chi connectivity index (χ1v) is 16.8. The number of hydrogen-bond donors (Lipinski definition) is 5. The van der Waals surface area contributed by atoms with E-state index in [1.165, 1.54) is 15.9 Å². The van der Waals surface area contributed by atoms with Crippen LogP contribution in [0.5, 0.6) is 5.75 Å². The molecule has 0 bridgehead atoms. The molecule has 0 aromatic heterocycles. The molecule has 0 heterocycles. The van der Waals surface area contributed by atoms with Crippen molar-refractivity contribution in [2.24, 2.45) is 10.2 Å². The summed E-state index contributed by atoms with van der Waals surface area (Å²) < 4.78 is 6.41. The van der Waals surface area contributed by atoms with E-state index >= 15 is 0 Å². The summed E-state index contributed by atoms with van der Waals surface area (Å²) in [6.45, 7) is 2.74. The Balaban J connectivity index is 1.41. The highest BCUT2D eigenvalue weighted by molar-refractivity contribution is 7.95. The van der Waals surface area contributed by atoms with Crippen molar-refractivity contribution in [3.05, 3.63) is 121 Å². The van der Waals surface area contributed by atoms with Crippen LogP contribution in [0.25, 0.3) is 0 Å². The van der Waals surface area contributed by atoms with E-state index in [0.717, 1.165) is 5.56 Å². The second-order valence-corrected chi connectivity index (χ2v) is 13.9. The van der Waals surface area contributed by atoms with Gasteiger partial charge in [0.15, 0.2) is 16.6 Å². The van der Waals surface area contributed by atoms with Crippen molar-refractivity contribution in [3.63, 3.8) is 0 Å². The number of hydrazone groups is 2. The predicted octanol–water partition coefficient (Wildman–Crippen LogP) is 4.00. The molecule has 0 saturated carbocycles. The number of nitrogens with one attached hydrogen (secondary N) is 4. The van der Waals surface area contributed by atoms with Crippen LogP contribution in [-0.2, 0) is 4.74 Å². The Morgan fingerprint density at radius 1 is 0.727 bits per heavy atom. The second kappa shape index (κ2) is 16.6. The molecule has 0 saturated heterocycles. The van der Waals surface area contributed by atoms with Crippen LogP contribution in [0.1, 0.15) is 12.5 Å². The summed E-state index contributed by atoms with van der Waals surface area (Å²) in [6, 6.07) is 38.5. The fraction of sp³-hybridized carbons (Fsp3) is 0.152. The molecule has 4 rings (SSSR count). The van der Waals surface area contributed by atoms with Crippen molar-refractivity contribution >= 4 is 69.3 Å². The molecule has 0 unspecified atom stereocenters. The minimum atomic E-state index is -2.07. The number of thiocarbonyl (C=S) groups is 2. The number of hydrogen-bond acceptors (Lipinski definition) is 6. The Morgan fingerprint density at radius 2 is 1.23 bits per heavy atom. The highest BCUT2D eigenvalue weighted by atomic mass is 32.1. The maximum Gasteiger partial charge on any atom is 0.187 e. The van der Waals surface area contributed by atoms with Crippen molar-refractivity contribution in [1.82, 2.24) is 21.5 Å². The number of phenolic OH excluding ortho intramolecular Hbond substituents is 1. The van der Waals surface area contributed by atoms with E-state index in [1.807, 2.05) is 18.2 Å². The van der Waals surface area contributed by atoms with Crippen LogP contribution in [0.3, 0.4) is 0 Å². The Kier molecular flexibility index (Phi) is 12.3. The summed E-state index contributed by atoms with van der Waals surface area (Å²) in [5.74, 6) is 0.155. The normalized spacial score (nSPS) is 11.9. The van der Waals surface area contributed by atoms with E-state index in [-0.39, 0.29) is 5.75 Å². The molecule has 0 radical (unpaired) electrons. The smallest absolute Gasteiger partial charge is 0.187 e. The van der Waals surface area contributed by atoms with E-state index in [1.54, 1.807) is 38.2 Å². The molecule has 0 amide bonds. The minimum Gasteiger partial charge on any atom is -0.508 e. The largest absolute Gasteiger partial charge is 0.508 e. The Bertz CT molecular complexity index is 1470. The fourth-order valence-electron chi connectivity index (χ4n) is 4.52. The van der Waals surface area contributed by atoms with Gasteiger partial charge < -0.3 is 20.5 Å². The highest BCUT2D eigenvalue weighted by Gasteiger charge is 2.45. The lowest BCUT2D eigenvalue weighted by Crippen LogP contribution is -2.37. The van der Waals surface area contributed by atoms with E-state index in [2.05, 4.69) is 104 Å². The maximum atomic E-state index is 9.69. The van der Waals surface area contributed by atoms with Gasteiger partial charge >= 0.3 is 0 Å².